The summed E-state index contributed by atoms with van der Waals surface area (Å²) in [5.41, 5.74) is 1.09. The minimum absolute atomic E-state index is 0.399. The first kappa shape index (κ1) is 11.7. The van der Waals surface area contributed by atoms with Crippen LogP contribution in [0.1, 0.15) is 24.8 Å². The van der Waals surface area contributed by atoms with Gasteiger partial charge in [-0.2, -0.15) is 0 Å². The molecule has 1 fully saturated rings. The van der Waals surface area contributed by atoms with Crippen molar-refractivity contribution in [1.82, 2.24) is 0 Å². The van der Waals surface area contributed by atoms with Crippen LogP contribution in [-0.2, 0) is 10.6 Å². The highest BCUT2D eigenvalue weighted by molar-refractivity contribution is 6.17. The largest absolute Gasteiger partial charge is 0.493 e. The van der Waals surface area contributed by atoms with E-state index >= 15 is 0 Å². The van der Waals surface area contributed by atoms with Crippen LogP contribution in [0.25, 0.3) is 0 Å². The Morgan fingerprint density at radius 1 is 1.44 bits per heavy atom. The van der Waals surface area contributed by atoms with Crippen LogP contribution in [0.3, 0.4) is 0 Å². The van der Waals surface area contributed by atoms with Crippen molar-refractivity contribution in [1.29, 1.82) is 0 Å². The molecule has 1 atom stereocenters. The second kappa shape index (κ2) is 6.12. The summed E-state index contributed by atoms with van der Waals surface area (Å²) in [6.45, 7) is 1.63. The summed E-state index contributed by atoms with van der Waals surface area (Å²) >= 11 is 5.76. The topological polar surface area (TPSA) is 18.5 Å². The van der Waals surface area contributed by atoms with Gasteiger partial charge in [0.05, 0.1) is 12.7 Å². The first-order chi connectivity index (χ1) is 7.88. The van der Waals surface area contributed by atoms with E-state index < -0.39 is 0 Å². The van der Waals surface area contributed by atoms with E-state index in [9.17, 15) is 0 Å². The van der Waals surface area contributed by atoms with Gasteiger partial charge < -0.3 is 9.47 Å². The molecule has 1 heterocycles. The highest BCUT2D eigenvalue weighted by Crippen LogP contribution is 2.18. The Morgan fingerprint density at radius 2 is 2.38 bits per heavy atom. The van der Waals surface area contributed by atoms with Gasteiger partial charge in [0.1, 0.15) is 5.75 Å². The average Bonchev–Trinajstić information content (AvgIpc) is 2.82. The molecule has 1 aromatic carbocycles. The van der Waals surface area contributed by atoms with E-state index in [1.807, 2.05) is 24.3 Å². The van der Waals surface area contributed by atoms with Crippen LogP contribution in [0.15, 0.2) is 24.3 Å². The zero-order valence-electron chi connectivity index (χ0n) is 9.32. The van der Waals surface area contributed by atoms with E-state index in [-0.39, 0.29) is 0 Å². The first-order valence-electron chi connectivity index (χ1n) is 5.78. The van der Waals surface area contributed by atoms with E-state index in [0.29, 0.717) is 12.0 Å². The van der Waals surface area contributed by atoms with Gasteiger partial charge in [-0.1, -0.05) is 12.1 Å². The van der Waals surface area contributed by atoms with Gasteiger partial charge >= 0.3 is 0 Å². The maximum atomic E-state index is 5.76. The van der Waals surface area contributed by atoms with Crippen molar-refractivity contribution in [2.45, 2.75) is 31.2 Å². The Labute approximate surface area is 102 Å². The molecule has 0 radical (unpaired) electrons. The van der Waals surface area contributed by atoms with Crippen LogP contribution in [0.5, 0.6) is 5.75 Å². The number of halogens is 1. The molecule has 1 aromatic rings. The molecule has 0 amide bonds. The molecule has 3 heteroatoms. The number of rotatable bonds is 5. The van der Waals surface area contributed by atoms with Gasteiger partial charge in [-0.25, -0.2) is 0 Å². The van der Waals surface area contributed by atoms with E-state index in [1.54, 1.807) is 0 Å². The minimum atomic E-state index is 0.399. The molecule has 16 heavy (non-hydrogen) atoms. The summed E-state index contributed by atoms with van der Waals surface area (Å²) < 4.78 is 11.2. The average molecular weight is 241 g/mol. The quantitative estimate of drug-likeness (QED) is 0.735. The number of benzene rings is 1. The zero-order valence-corrected chi connectivity index (χ0v) is 10.1. The van der Waals surface area contributed by atoms with Crippen LogP contribution in [0, 0.1) is 0 Å². The molecule has 1 aliphatic heterocycles. The molecule has 1 aliphatic rings. The molecular weight excluding hydrogens is 224 g/mol. The Balaban J connectivity index is 1.75. The highest BCUT2D eigenvalue weighted by Gasteiger charge is 2.14. The molecule has 1 saturated heterocycles. The van der Waals surface area contributed by atoms with Gasteiger partial charge in [-0.15, -0.1) is 11.6 Å². The van der Waals surface area contributed by atoms with Crippen molar-refractivity contribution in [2.75, 3.05) is 13.2 Å². The number of hydrogen-bond donors (Lipinski definition) is 0. The standard InChI is InChI=1S/C13H17ClO2/c14-10-11-3-1-4-13(9-11)16-8-6-12-5-2-7-15-12/h1,3-4,9,12H,2,5-8,10H2. The predicted octanol–water partition coefficient (Wildman–Crippen LogP) is 3.37. The maximum absolute atomic E-state index is 5.76. The van der Waals surface area contributed by atoms with Gasteiger partial charge in [0.25, 0.3) is 0 Å². The van der Waals surface area contributed by atoms with Gasteiger partial charge in [0, 0.05) is 18.9 Å². The van der Waals surface area contributed by atoms with Crippen molar-refractivity contribution in [2.24, 2.45) is 0 Å². The van der Waals surface area contributed by atoms with Crippen LogP contribution in [0.2, 0.25) is 0 Å². The molecule has 88 valence electrons. The fourth-order valence-corrected chi connectivity index (χ4v) is 2.06. The number of alkyl halides is 1. The van der Waals surface area contributed by atoms with Gasteiger partial charge in [0.2, 0.25) is 0 Å². The second-order valence-corrected chi connectivity index (χ2v) is 4.32. The molecule has 0 aliphatic carbocycles. The van der Waals surface area contributed by atoms with E-state index in [2.05, 4.69) is 0 Å². The summed E-state index contributed by atoms with van der Waals surface area (Å²) in [6.07, 6.45) is 3.74. The highest BCUT2D eigenvalue weighted by atomic mass is 35.5. The molecule has 0 aromatic heterocycles. The lowest BCUT2D eigenvalue weighted by atomic mass is 10.2. The van der Waals surface area contributed by atoms with Crippen molar-refractivity contribution in [3.63, 3.8) is 0 Å². The summed E-state index contributed by atoms with van der Waals surface area (Å²) in [6, 6.07) is 7.92. The lowest BCUT2D eigenvalue weighted by Crippen LogP contribution is -2.10. The fraction of sp³-hybridized carbons (Fsp3) is 0.538. The molecular formula is C13H17ClO2. The smallest absolute Gasteiger partial charge is 0.119 e. The van der Waals surface area contributed by atoms with Crippen LogP contribution in [0.4, 0.5) is 0 Å². The van der Waals surface area contributed by atoms with Crippen molar-refractivity contribution in [3.8, 4) is 5.75 Å². The van der Waals surface area contributed by atoms with Crippen molar-refractivity contribution in [3.05, 3.63) is 29.8 Å². The Bertz CT molecular complexity index is 321. The minimum Gasteiger partial charge on any atom is -0.493 e. The summed E-state index contributed by atoms with van der Waals surface area (Å²) in [7, 11) is 0. The third-order valence-corrected chi connectivity index (χ3v) is 3.09. The van der Waals surface area contributed by atoms with Crippen LogP contribution < -0.4 is 4.74 Å². The molecule has 0 spiro atoms. The molecule has 2 nitrogen and oxygen atoms in total. The number of hydrogen-bond acceptors (Lipinski definition) is 2. The third-order valence-electron chi connectivity index (χ3n) is 2.79. The van der Waals surface area contributed by atoms with Crippen LogP contribution in [-0.4, -0.2) is 19.3 Å². The lowest BCUT2D eigenvalue weighted by molar-refractivity contribution is 0.0903. The van der Waals surface area contributed by atoms with E-state index in [4.69, 9.17) is 21.1 Å². The summed E-state index contributed by atoms with van der Waals surface area (Å²) in [5.74, 6) is 1.43. The normalized spacial score (nSPS) is 19.9. The Kier molecular flexibility index (Phi) is 4.49. The predicted molar refractivity (Wildman–Crippen MR) is 65.1 cm³/mol. The number of ether oxygens (including phenoxy) is 2. The van der Waals surface area contributed by atoms with E-state index in [1.165, 1.54) is 12.8 Å². The SMILES string of the molecule is ClCc1cccc(OCCC2CCCO2)c1. The van der Waals surface area contributed by atoms with E-state index in [0.717, 1.165) is 30.9 Å². The lowest BCUT2D eigenvalue weighted by Gasteiger charge is -2.11. The molecule has 1 unspecified atom stereocenters. The first-order valence-corrected chi connectivity index (χ1v) is 6.31. The van der Waals surface area contributed by atoms with Crippen molar-refractivity contribution >= 4 is 11.6 Å². The second-order valence-electron chi connectivity index (χ2n) is 4.05. The van der Waals surface area contributed by atoms with Crippen LogP contribution >= 0.6 is 11.6 Å². The summed E-state index contributed by atoms with van der Waals surface area (Å²) in [4.78, 5) is 0. The van der Waals surface area contributed by atoms with Gasteiger partial charge in [-0.05, 0) is 30.5 Å². The van der Waals surface area contributed by atoms with Crippen molar-refractivity contribution < 1.29 is 9.47 Å². The zero-order chi connectivity index (χ0) is 11.2. The Hall–Kier alpha value is -0.730. The monoisotopic (exact) mass is 240 g/mol. The molecule has 0 N–H and O–H groups in total. The Morgan fingerprint density at radius 3 is 3.12 bits per heavy atom. The maximum Gasteiger partial charge on any atom is 0.119 e. The summed E-state index contributed by atoms with van der Waals surface area (Å²) in [5, 5.41) is 0. The molecule has 0 bridgehead atoms. The fourth-order valence-electron chi connectivity index (χ4n) is 1.90. The molecule has 2 rings (SSSR count). The van der Waals surface area contributed by atoms with Gasteiger partial charge in [0.15, 0.2) is 0 Å². The third kappa shape index (κ3) is 3.39. The molecule has 0 saturated carbocycles. The van der Waals surface area contributed by atoms with Gasteiger partial charge in [-0.3, -0.25) is 0 Å².